The summed E-state index contributed by atoms with van der Waals surface area (Å²) in [5.41, 5.74) is 0.484. The van der Waals surface area contributed by atoms with Crippen LogP contribution in [0, 0.1) is 0 Å². The first-order valence-corrected chi connectivity index (χ1v) is 9.81. The zero-order chi connectivity index (χ0) is 17.6. The number of nitrogens with zero attached hydrogens (tertiary/aromatic N) is 2. The number of amides is 1. The molecular weight excluding hydrogens is 326 g/mol. The summed E-state index contributed by atoms with van der Waals surface area (Å²) in [6.45, 7) is 2.90. The van der Waals surface area contributed by atoms with Gasteiger partial charge in [0, 0.05) is 32.1 Å². The SMILES string of the molecule is CCCCCC(=O)Nc1cccc(S(=O)(=O)/N=C2/CCCN2C)c1. The summed E-state index contributed by atoms with van der Waals surface area (Å²) in [5.74, 6) is 0.490. The molecule has 0 unspecified atom stereocenters. The average molecular weight is 351 g/mol. The van der Waals surface area contributed by atoms with E-state index in [1.807, 2.05) is 11.9 Å². The molecule has 0 spiro atoms. The van der Waals surface area contributed by atoms with Gasteiger partial charge in [-0.05, 0) is 31.0 Å². The van der Waals surface area contributed by atoms with Crippen molar-refractivity contribution in [2.45, 2.75) is 50.3 Å². The maximum atomic E-state index is 12.5. The summed E-state index contributed by atoms with van der Waals surface area (Å²) < 4.78 is 28.9. The van der Waals surface area contributed by atoms with Crippen LogP contribution in [-0.4, -0.2) is 38.7 Å². The summed E-state index contributed by atoms with van der Waals surface area (Å²) in [6.07, 6.45) is 4.92. The van der Waals surface area contributed by atoms with Gasteiger partial charge in [0.25, 0.3) is 10.0 Å². The van der Waals surface area contributed by atoms with Gasteiger partial charge in [-0.15, -0.1) is 4.40 Å². The predicted octanol–water partition coefficient (Wildman–Crippen LogP) is 3.02. The number of likely N-dealkylation sites (tertiary alicyclic amines) is 1. The molecule has 132 valence electrons. The molecule has 1 heterocycles. The Labute approximate surface area is 144 Å². The smallest absolute Gasteiger partial charge is 0.284 e. The number of anilines is 1. The van der Waals surface area contributed by atoms with Gasteiger partial charge in [0.2, 0.25) is 5.91 Å². The number of amidine groups is 1. The van der Waals surface area contributed by atoms with Crippen molar-refractivity contribution in [2.75, 3.05) is 18.9 Å². The Balaban J connectivity index is 2.10. The van der Waals surface area contributed by atoms with Crippen molar-refractivity contribution in [1.82, 2.24) is 4.90 Å². The maximum Gasteiger partial charge on any atom is 0.284 e. The number of benzene rings is 1. The van der Waals surface area contributed by atoms with Crippen molar-refractivity contribution in [1.29, 1.82) is 0 Å². The second kappa shape index (κ2) is 8.28. The monoisotopic (exact) mass is 351 g/mol. The van der Waals surface area contributed by atoms with Crippen LogP contribution in [0.3, 0.4) is 0 Å². The zero-order valence-electron chi connectivity index (χ0n) is 14.3. The Morgan fingerprint density at radius 2 is 2.12 bits per heavy atom. The lowest BCUT2D eigenvalue weighted by atomic mass is 10.2. The van der Waals surface area contributed by atoms with E-state index in [4.69, 9.17) is 0 Å². The minimum Gasteiger partial charge on any atom is -0.362 e. The highest BCUT2D eigenvalue weighted by Crippen LogP contribution is 2.20. The second-order valence-corrected chi connectivity index (χ2v) is 7.64. The van der Waals surface area contributed by atoms with E-state index < -0.39 is 10.0 Å². The zero-order valence-corrected chi connectivity index (χ0v) is 15.1. The van der Waals surface area contributed by atoms with Gasteiger partial charge in [-0.2, -0.15) is 8.42 Å². The highest BCUT2D eigenvalue weighted by Gasteiger charge is 2.20. The Kier molecular flexibility index (Phi) is 6.36. The van der Waals surface area contributed by atoms with E-state index in [0.717, 1.165) is 32.2 Å². The number of hydrogen-bond acceptors (Lipinski definition) is 3. The third-order valence-electron chi connectivity index (χ3n) is 3.98. The van der Waals surface area contributed by atoms with Gasteiger partial charge in [-0.25, -0.2) is 0 Å². The van der Waals surface area contributed by atoms with Gasteiger partial charge in [-0.3, -0.25) is 4.79 Å². The molecule has 1 N–H and O–H groups in total. The van der Waals surface area contributed by atoms with Gasteiger partial charge in [0.05, 0.1) is 4.90 Å². The first-order chi connectivity index (χ1) is 11.4. The topological polar surface area (TPSA) is 78.8 Å². The van der Waals surface area contributed by atoms with Crippen LogP contribution in [0.1, 0.15) is 45.4 Å². The number of sulfonamides is 1. The first-order valence-electron chi connectivity index (χ1n) is 8.37. The summed E-state index contributed by atoms with van der Waals surface area (Å²) in [7, 11) is -1.92. The van der Waals surface area contributed by atoms with Crippen LogP contribution >= 0.6 is 0 Å². The predicted molar refractivity (Wildman–Crippen MR) is 95.7 cm³/mol. The lowest BCUT2D eigenvalue weighted by Crippen LogP contribution is -2.20. The molecule has 0 radical (unpaired) electrons. The molecule has 0 aromatic heterocycles. The van der Waals surface area contributed by atoms with E-state index in [1.165, 1.54) is 12.1 Å². The standard InChI is InChI=1S/C17H25N3O3S/c1-3-4-5-11-17(21)18-14-8-6-9-15(13-14)24(22,23)19-16-10-7-12-20(16)2/h6,8-9,13H,3-5,7,10-12H2,1-2H3,(H,18,21)/b19-16-. The van der Waals surface area contributed by atoms with Crippen molar-refractivity contribution >= 4 is 27.5 Å². The van der Waals surface area contributed by atoms with E-state index in [2.05, 4.69) is 16.6 Å². The molecule has 24 heavy (non-hydrogen) atoms. The van der Waals surface area contributed by atoms with Crippen LogP contribution in [0.5, 0.6) is 0 Å². The highest BCUT2D eigenvalue weighted by molar-refractivity contribution is 7.90. The highest BCUT2D eigenvalue weighted by atomic mass is 32.2. The number of carbonyl (C=O) groups excluding carboxylic acids is 1. The molecule has 0 bridgehead atoms. The largest absolute Gasteiger partial charge is 0.362 e. The normalized spacial score (nSPS) is 16.6. The minimum absolute atomic E-state index is 0.0974. The Morgan fingerprint density at radius 3 is 2.79 bits per heavy atom. The van der Waals surface area contributed by atoms with Crippen LogP contribution < -0.4 is 5.32 Å². The molecule has 1 aliphatic rings. The summed E-state index contributed by atoms with van der Waals surface area (Å²) in [5, 5.41) is 2.75. The molecular formula is C17H25N3O3S. The first kappa shape index (κ1) is 18.4. The van der Waals surface area contributed by atoms with E-state index in [1.54, 1.807) is 12.1 Å². The van der Waals surface area contributed by atoms with Gasteiger partial charge < -0.3 is 10.2 Å². The third-order valence-corrected chi connectivity index (χ3v) is 5.28. The van der Waals surface area contributed by atoms with Gasteiger partial charge in [0.15, 0.2) is 0 Å². The molecule has 1 aromatic carbocycles. The van der Waals surface area contributed by atoms with Gasteiger partial charge >= 0.3 is 0 Å². The molecule has 1 amide bonds. The molecule has 2 rings (SSSR count). The number of hydrogen-bond donors (Lipinski definition) is 1. The summed E-state index contributed by atoms with van der Waals surface area (Å²) >= 11 is 0. The van der Waals surface area contributed by atoms with Crippen molar-refractivity contribution < 1.29 is 13.2 Å². The summed E-state index contributed by atoms with van der Waals surface area (Å²) in [6, 6.07) is 6.27. The van der Waals surface area contributed by atoms with Crippen LogP contribution in [0.15, 0.2) is 33.6 Å². The Bertz CT molecular complexity index is 714. The fourth-order valence-electron chi connectivity index (χ4n) is 2.59. The Hall–Kier alpha value is -1.89. The lowest BCUT2D eigenvalue weighted by molar-refractivity contribution is -0.116. The maximum absolute atomic E-state index is 12.5. The molecule has 0 aliphatic carbocycles. The van der Waals surface area contributed by atoms with Crippen LogP contribution in [0.4, 0.5) is 5.69 Å². The average Bonchev–Trinajstić information content (AvgIpc) is 2.92. The molecule has 1 fully saturated rings. The quantitative estimate of drug-likeness (QED) is 0.766. The van der Waals surface area contributed by atoms with Gasteiger partial charge in [-0.1, -0.05) is 25.8 Å². The molecule has 6 nitrogen and oxygen atoms in total. The second-order valence-electron chi connectivity index (χ2n) is 6.04. The molecule has 0 atom stereocenters. The fourth-order valence-corrected chi connectivity index (χ4v) is 3.73. The van der Waals surface area contributed by atoms with Crippen LogP contribution in [-0.2, 0) is 14.8 Å². The molecule has 1 aliphatic heterocycles. The van der Waals surface area contributed by atoms with Crippen molar-refractivity contribution in [3.05, 3.63) is 24.3 Å². The van der Waals surface area contributed by atoms with E-state index in [-0.39, 0.29) is 10.8 Å². The van der Waals surface area contributed by atoms with Crippen LogP contribution in [0.2, 0.25) is 0 Å². The molecule has 1 aromatic rings. The van der Waals surface area contributed by atoms with E-state index in [0.29, 0.717) is 24.4 Å². The number of rotatable bonds is 7. The van der Waals surface area contributed by atoms with Crippen molar-refractivity contribution in [3.63, 3.8) is 0 Å². The lowest BCUT2D eigenvalue weighted by Gasteiger charge is -2.11. The molecule has 0 saturated carbocycles. The van der Waals surface area contributed by atoms with Crippen LogP contribution in [0.25, 0.3) is 0 Å². The van der Waals surface area contributed by atoms with E-state index in [9.17, 15) is 13.2 Å². The fraction of sp³-hybridized carbons (Fsp3) is 0.529. The third kappa shape index (κ3) is 5.06. The molecule has 7 heteroatoms. The van der Waals surface area contributed by atoms with Crippen molar-refractivity contribution in [2.24, 2.45) is 4.40 Å². The molecule has 1 saturated heterocycles. The summed E-state index contributed by atoms with van der Waals surface area (Å²) in [4.78, 5) is 13.8. The van der Waals surface area contributed by atoms with Gasteiger partial charge in [0.1, 0.15) is 5.84 Å². The number of unbranched alkanes of at least 4 members (excludes halogenated alkanes) is 2. The number of nitrogens with one attached hydrogen (secondary N) is 1. The van der Waals surface area contributed by atoms with Crippen molar-refractivity contribution in [3.8, 4) is 0 Å². The Morgan fingerprint density at radius 1 is 1.33 bits per heavy atom. The van der Waals surface area contributed by atoms with E-state index >= 15 is 0 Å². The minimum atomic E-state index is -3.76. The number of carbonyl (C=O) groups is 1.